The zero-order valence-corrected chi connectivity index (χ0v) is 5.98. The van der Waals surface area contributed by atoms with E-state index in [0.717, 1.165) is 0 Å². The van der Waals surface area contributed by atoms with E-state index in [4.69, 9.17) is 0 Å². The molecule has 0 aromatic heterocycles. The van der Waals surface area contributed by atoms with Crippen LogP contribution in [-0.4, -0.2) is 23.1 Å². The molecule has 0 aromatic carbocycles. The van der Waals surface area contributed by atoms with Gasteiger partial charge in [-0.2, -0.15) is 0 Å². The molecule has 0 unspecified atom stereocenters. The summed E-state index contributed by atoms with van der Waals surface area (Å²) in [5.41, 5.74) is 0. The van der Waals surface area contributed by atoms with Gasteiger partial charge in [-0.15, -0.1) is 0 Å². The van der Waals surface area contributed by atoms with E-state index in [9.17, 15) is 0 Å². The summed E-state index contributed by atoms with van der Waals surface area (Å²) >= 11 is 0. The Balaban J connectivity index is 0. The van der Waals surface area contributed by atoms with Crippen molar-refractivity contribution in [1.82, 2.24) is 0 Å². The molecule has 0 aliphatic rings. The Morgan fingerprint density at radius 1 is 1.25 bits per heavy atom. The van der Waals surface area contributed by atoms with Crippen LogP contribution in [0.4, 0.5) is 0 Å². The second-order valence-electron chi connectivity index (χ2n) is 0. The summed E-state index contributed by atoms with van der Waals surface area (Å²) < 4.78 is 0. The minimum Gasteiger partial charge on any atom is -1.00 e. The molecule has 0 aromatic rings. The summed E-state index contributed by atoms with van der Waals surface area (Å²) in [6.07, 6.45) is 0. The van der Waals surface area contributed by atoms with Gasteiger partial charge in [-0.1, -0.05) is 0 Å². The quantitative estimate of drug-likeness (QED) is 0.320. The summed E-state index contributed by atoms with van der Waals surface area (Å²) in [6.45, 7) is 0. The minimum atomic E-state index is 0. The van der Waals surface area contributed by atoms with Crippen LogP contribution in [0, 0.1) is 0 Å². The van der Waals surface area contributed by atoms with Crippen molar-refractivity contribution in [2.75, 3.05) is 0 Å². The fraction of sp³-hybridized carbons (Fsp3) is 0. The van der Waals surface area contributed by atoms with Gasteiger partial charge in [0.2, 0.25) is 0 Å². The van der Waals surface area contributed by atoms with Crippen molar-refractivity contribution in [3.63, 3.8) is 0 Å². The average molecular weight is 148 g/mol. The molecular weight excluding hydrogens is 145 g/mol. The van der Waals surface area contributed by atoms with Crippen molar-refractivity contribution in [1.29, 1.82) is 0 Å². The first-order chi connectivity index (χ1) is 0. The Morgan fingerprint density at radius 2 is 1.25 bits per heavy atom. The average Bonchev–Trinajstić information content (AvgIpc) is 0. The van der Waals surface area contributed by atoms with Gasteiger partial charge >= 0.3 is 41.9 Å². The Kier molecular flexibility index (Phi) is 149. The first kappa shape index (κ1) is 32.6. The summed E-state index contributed by atoms with van der Waals surface area (Å²) in [5, 5.41) is 0. The topological polar surface area (TPSA) is 0 Å². The monoisotopic (exact) mass is 147 g/mol. The summed E-state index contributed by atoms with van der Waals surface area (Å²) in [4.78, 5) is 0. The molecule has 4 heavy (non-hydrogen) atoms. The largest absolute Gasteiger partial charge is 2.00 e. The van der Waals surface area contributed by atoms with Crippen LogP contribution >= 0.6 is 0 Å². The fourth-order valence-corrected chi connectivity index (χ4v) is 0. The van der Waals surface area contributed by atoms with E-state index in [-0.39, 0.29) is 79.8 Å². The van der Waals surface area contributed by atoms with Crippen molar-refractivity contribution in [3.05, 3.63) is 0 Å². The second kappa shape index (κ2) is 18.2. The van der Waals surface area contributed by atoms with Gasteiger partial charge in [0, 0.05) is 33.6 Å². The maximum atomic E-state index is 0. The summed E-state index contributed by atoms with van der Waals surface area (Å²) in [7, 11) is 0. The van der Waals surface area contributed by atoms with Gasteiger partial charge in [0.15, 0.2) is 0 Å². The molecule has 0 saturated heterocycles. The molecule has 0 aliphatic carbocycles. The molecule has 0 fully saturated rings. The smallest absolute Gasteiger partial charge is 1.00 e. The number of hydrogen-bond acceptors (Lipinski definition) is 0. The zero-order chi connectivity index (χ0) is 0. The SMILES string of the molecule is [H-].[H-].[H-].[Li+].[Mg+2].[Mn].[Ni]. The standard InChI is InChI=1S/Li.Mg.Mn.Ni.3H/q+1;+2;;;3*-1. The first-order valence-corrected chi connectivity index (χ1v) is 0. The van der Waals surface area contributed by atoms with Gasteiger partial charge in [0.25, 0.3) is 0 Å². The third kappa shape index (κ3) is 8.83. The summed E-state index contributed by atoms with van der Waals surface area (Å²) in [6, 6.07) is 0. The van der Waals surface area contributed by atoms with E-state index in [1.54, 1.807) is 0 Å². The van der Waals surface area contributed by atoms with E-state index in [1.165, 1.54) is 0 Å². The Labute approximate surface area is 79.0 Å². The van der Waals surface area contributed by atoms with Crippen LogP contribution in [0.1, 0.15) is 4.28 Å². The predicted molar refractivity (Wildman–Crippen MR) is 9.09 cm³/mol. The van der Waals surface area contributed by atoms with Crippen molar-refractivity contribution in [2.24, 2.45) is 0 Å². The van der Waals surface area contributed by atoms with Crippen LogP contribution in [0.3, 0.4) is 0 Å². The summed E-state index contributed by atoms with van der Waals surface area (Å²) in [5.74, 6) is 0. The Hall–Kier alpha value is 2.38. The van der Waals surface area contributed by atoms with Gasteiger partial charge in [0.1, 0.15) is 0 Å². The maximum absolute atomic E-state index is 0. The second-order valence-corrected chi connectivity index (χ2v) is 0. The number of rotatable bonds is 0. The molecule has 1 radical (unpaired) electrons. The van der Waals surface area contributed by atoms with E-state index < -0.39 is 0 Å². The molecule has 0 spiro atoms. The Morgan fingerprint density at radius 3 is 1.25 bits per heavy atom. The number of hydrogen-bond donors (Lipinski definition) is 0. The normalized spacial score (nSPS) is 0. The zero-order valence-electron chi connectivity index (χ0n) is 5.40. The molecule has 0 rings (SSSR count). The maximum Gasteiger partial charge on any atom is 2.00 e. The molecule has 4 heteroatoms. The van der Waals surface area contributed by atoms with Gasteiger partial charge < -0.3 is 4.28 Å². The molecule has 0 heterocycles. The minimum absolute atomic E-state index is 0. The molecule has 0 amide bonds. The van der Waals surface area contributed by atoms with E-state index >= 15 is 0 Å². The van der Waals surface area contributed by atoms with Gasteiger partial charge in [0.05, 0.1) is 0 Å². The molecular formula is H3LiMgMnNi. The first-order valence-electron chi connectivity index (χ1n) is 0. The Bertz CT molecular complexity index is 14.9. The third-order valence-corrected chi connectivity index (χ3v) is 0. The van der Waals surface area contributed by atoms with Crippen molar-refractivity contribution >= 4 is 23.1 Å². The van der Waals surface area contributed by atoms with Crippen LogP contribution in [0.5, 0.6) is 0 Å². The van der Waals surface area contributed by atoms with E-state index in [2.05, 4.69) is 0 Å². The fourth-order valence-electron chi connectivity index (χ4n) is 0. The van der Waals surface area contributed by atoms with E-state index in [0.29, 0.717) is 0 Å². The van der Waals surface area contributed by atoms with Crippen molar-refractivity contribution in [2.45, 2.75) is 0 Å². The molecule has 0 N–H and O–H groups in total. The van der Waals surface area contributed by atoms with Gasteiger partial charge in [-0.25, -0.2) is 0 Å². The molecule has 0 atom stereocenters. The molecule has 23 valence electrons. The van der Waals surface area contributed by atoms with Crippen LogP contribution in [0.25, 0.3) is 0 Å². The molecule has 0 nitrogen and oxygen atoms in total. The van der Waals surface area contributed by atoms with Gasteiger partial charge in [-0.3, -0.25) is 0 Å². The van der Waals surface area contributed by atoms with Gasteiger partial charge in [-0.05, 0) is 0 Å². The third-order valence-electron chi connectivity index (χ3n) is 0. The molecule has 0 bridgehead atoms. The van der Waals surface area contributed by atoms with Crippen LogP contribution in [0.15, 0.2) is 0 Å². The van der Waals surface area contributed by atoms with Crippen molar-refractivity contribution < 1.29 is 56.7 Å². The van der Waals surface area contributed by atoms with Crippen molar-refractivity contribution in [3.8, 4) is 0 Å². The molecule has 0 aliphatic heterocycles. The van der Waals surface area contributed by atoms with E-state index in [1.807, 2.05) is 0 Å². The van der Waals surface area contributed by atoms with Crippen LogP contribution in [-0.2, 0) is 33.6 Å². The van der Waals surface area contributed by atoms with Crippen LogP contribution in [0.2, 0.25) is 0 Å². The molecule has 0 saturated carbocycles. The predicted octanol–water partition coefficient (Wildman–Crippen LogP) is -3.04. The van der Waals surface area contributed by atoms with Crippen LogP contribution < -0.4 is 18.9 Å².